The van der Waals surface area contributed by atoms with Crippen LogP contribution in [-0.4, -0.2) is 51.0 Å². The third kappa shape index (κ3) is 7.71. The van der Waals surface area contributed by atoms with Gasteiger partial charge in [-0.3, -0.25) is 13.9 Å². The molecule has 0 radical (unpaired) electrons. The van der Waals surface area contributed by atoms with Crippen molar-refractivity contribution in [3.05, 3.63) is 99.5 Å². The number of likely N-dealkylation sites (N-methyl/N-ethyl adjacent to an activating group) is 1. The highest BCUT2D eigenvalue weighted by atomic mass is 35.5. The minimum atomic E-state index is -3.88. The molecule has 1 atom stereocenters. The molecule has 1 N–H and O–H groups in total. The number of halogens is 2. The number of carbonyl (C=O) groups is 2. The molecule has 0 aliphatic heterocycles. The summed E-state index contributed by atoms with van der Waals surface area (Å²) in [7, 11) is -2.37. The largest absolute Gasteiger partial charge is 0.357 e. The Morgan fingerprint density at radius 1 is 0.919 bits per heavy atom. The van der Waals surface area contributed by atoms with Crippen molar-refractivity contribution in [1.82, 2.24) is 10.2 Å². The summed E-state index contributed by atoms with van der Waals surface area (Å²) < 4.78 is 26.4. The molecule has 7 nitrogen and oxygen atoms in total. The monoisotopic (exact) mass is 561 g/mol. The maximum Gasteiger partial charge on any atom is 0.244 e. The van der Waals surface area contributed by atoms with E-state index in [1.165, 1.54) is 30.1 Å². The molecule has 2 amide bonds. The Bertz CT molecular complexity index is 1350. The van der Waals surface area contributed by atoms with Crippen LogP contribution in [0.15, 0.2) is 72.8 Å². The minimum absolute atomic E-state index is 0.114. The van der Waals surface area contributed by atoms with Crippen LogP contribution >= 0.6 is 23.2 Å². The molecule has 3 aromatic carbocycles. The predicted molar refractivity (Wildman–Crippen MR) is 148 cm³/mol. The molecule has 10 heteroatoms. The summed E-state index contributed by atoms with van der Waals surface area (Å²) in [5.74, 6) is -0.897. The van der Waals surface area contributed by atoms with Crippen molar-refractivity contribution in [2.75, 3.05) is 24.2 Å². The number of anilines is 1. The Kier molecular flexibility index (Phi) is 9.59. The molecule has 0 saturated heterocycles. The minimum Gasteiger partial charge on any atom is -0.357 e. The molecule has 0 bridgehead atoms. The van der Waals surface area contributed by atoms with Gasteiger partial charge in [0.05, 0.1) is 22.0 Å². The molecule has 0 saturated carbocycles. The third-order valence-corrected chi connectivity index (χ3v) is 7.74. The Morgan fingerprint density at radius 3 is 2.14 bits per heavy atom. The van der Waals surface area contributed by atoms with Gasteiger partial charge in [-0.2, -0.15) is 0 Å². The topological polar surface area (TPSA) is 86.8 Å². The summed E-state index contributed by atoms with van der Waals surface area (Å²) in [4.78, 5) is 28.3. The van der Waals surface area contributed by atoms with E-state index in [9.17, 15) is 18.0 Å². The van der Waals surface area contributed by atoms with E-state index in [1.807, 2.05) is 61.5 Å². The smallest absolute Gasteiger partial charge is 0.244 e. The van der Waals surface area contributed by atoms with Crippen LogP contribution in [0.5, 0.6) is 0 Å². The molecule has 0 spiro atoms. The molecule has 0 aromatic heterocycles. The summed E-state index contributed by atoms with van der Waals surface area (Å²) in [5, 5.41) is 3.06. The number of benzene rings is 3. The number of amides is 2. The van der Waals surface area contributed by atoms with Gasteiger partial charge in [-0.1, -0.05) is 83.4 Å². The average Bonchev–Trinajstić information content (AvgIpc) is 2.87. The van der Waals surface area contributed by atoms with Crippen molar-refractivity contribution >= 4 is 50.7 Å². The zero-order valence-corrected chi connectivity index (χ0v) is 23.1. The first-order chi connectivity index (χ1) is 17.5. The van der Waals surface area contributed by atoms with Gasteiger partial charge < -0.3 is 10.2 Å². The first kappa shape index (κ1) is 28.5. The van der Waals surface area contributed by atoms with E-state index in [0.717, 1.165) is 27.3 Å². The number of rotatable bonds is 10. The van der Waals surface area contributed by atoms with E-state index in [0.29, 0.717) is 0 Å². The Morgan fingerprint density at radius 2 is 1.57 bits per heavy atom. The summed E-state index contributed by atoms with van der Waals surface area (Å²) in [6.07, 6.45) is 1.26. The summed E-state index contributed by atoms with van der Waals surface area (Å²) in [6.45, 7) is 1.55. The van der Waals surface area contributed by atoms with Gasteiger partial charge in [-0.15, -0.1) is 0 Å². The van der Waals surface area contributed by atoms with Crippen LogP contribution in [-0.2, 0) is 32.6 Å². The van der Waals surface area contributed by atoms with E-state index < -0.39 is 28.5 Å². The van der Waals surface area contributed by atoms with Crippen molar-refractivity contribution in [2.45, 2.75) is 25.9 Å². The second-order valence-corrected chi connectivity index (χ2v) is 11.4. The summed E-state index contributed by atoms with van der Waals surface area (Å²) in [5.41, 5.74) is 2.92. The molecule has 3 rings (SSSR count). The van der Waals surface area contributed by atoms with E-state index in [1.54, 1.807) is 0 Å². The molecule has 37 heavy (non-hydrogen) atoms. The number of nitrogens with one attached hydrogen (secondary N) is 1. The van der Waals surface area contributed by atoms with E-state index in [-0.39, 0.29) is 34.6 Å². The van der Waals surface area contributed by atoms with Gasteiger partial charge in [0.15, 0.2) is 0 Å². The number of nitrogens with zero attached hydrogens (tertiary/aromatic N) is 2. The predicted octanol–water partition coefficient (Wildman–Crippen LogP) is 4.45. The van der Waals surface area contributed by atoms with Crippen molar-refractivity contribution in [3.63, 3.8) is 0 Å². The zero-order chi connectivity index (χ0) is 27.2. The van der Waals surface area contributed by atoms with Gasteiger partial charge >= 0.3 is 0 Å². The highest BCUT2D eigenvalue weighted by Gasteiger charge is 2.32. The molecule has 196 valence electrons. The Labute approximate surface area is 228 Å². The lowest BCUT2D eigenvalue weighted by Crippen LogP contribution is -2.52. The maximum absolute atomic E-state index is 13.8. The lowest BCUT2D eigenvalue weighted by atomic mass is 10.0. The van der Waals surface area contributed by atoms with Gasteiger partial charge in [0, 0.05) is 20.0 Å². The van der Waals surface area contributed by atoms with Crippen LogP contribution in [0.1, 0.15) is 16.7 Å². The fourth-order valence-electron chi connectivity index (χ4n) is 3.86. The van der Waals surface area contributed by atoms with Gasteiger partial charge in [0.25, 0.3) is 0 Å². The van der Waals surface area contributed by atoms with Gasteiger partial charge in [0.1, 0.15) is 12.6 Å². The third-order valence-electron chi connectivity index (χ3n) is 5.86. The lowest BCUT2D eigenvalue weighted by Gasteiger charge is -2.33. The van der Waals surface area contributed by atoms with E-state index >= 15 is 0 Å². The second-order valence-electron chi connectivity index (χ2n) is 8.70. The zero-order valence-electron chi connectivity index (χ0n) is 20.8. The highest BCUT2D eigenvalue weighted by molar-refractivity contribution is 7.92. The number of hydrogen-bond donors (Lipinski definition) is 1. The quantitative estimate of drug-likeness (QED) is 0.396. The molecule has 0 aliphatic rings. The highest BCUT2D eigenvalue weighted by Crippen LogP contribution is 2.28. The van der Waals surface area contributed by atoms with Crippen molar-refractivity contribution in [3.8, 4) is 0 Å². The normalized spacial score (nSPS) is 12.0. The van der Waals surface area contributed by atoms with Crippen molar-refractivity contribution in [2.24, 2.45) is 0 Å². The molecule has 0 fully saturated rings. The molecular formula is C27H29Cl2N3O4S. The first-order valence-corrected chi connectivity index (χ1v) is 14.1. The number of aryl methyl sites for hydroxylation is 1. The fraction of sp³-hybridized carbons (Fsp3) is 0.259. The summed E-state index contributed by atoms with van der Waals surface area (Å²) in [6, 6.07) is 20.4. The average molecular weight is 563 g/mol. The van der Waals surface area contributed by atoms with E-state index in [2.05, 4.69) is 5.32 Å². The van der Waals surface area contributed by atoms with Crippen LogP contribution in [0.2, 0.25) is 10.0 Å². The number of hydrogen-bond acceptors (Lipinski definition) is 4. The van der Waals surface area contributed by atoms with Crippen molar-refractivity contribution < 1.29 is 18.0 Å². The molecule has 0 aliphatic carbocycles. The molecule has 0 heterocycles. The fourth-order valence-corrected chi connectivity index (χ4v) is 5.00. The van der Waals surface area contributed by atoms with Gasteiger partial charge in [0.2, 0.25) is 21.8 Å². The number of sulfonamides is 1. The first-order valence-electron chi connectivity index (χ1n) is 11.5. The number of carbonyl (C=O) groups excluding carboxylic acids is 2. The summed E-state index contributed by atoms with van der Waals surface area (Å²) >= 11 is 12.1. The SMILES string of the molecule is CNC(=O)C(Cc1ccccc1)N(Cc1ccc(C)cc1)C(=O)CN(c1ccc(Cl)c(Cl)c1)S(C)(=O)=O. The van der Waals surface area contributed by atoms with E-state index in [4.69, 9.17) is 23.2 Å². The lowest BCUT2D eigenvalue weighted by molar-refractivity contribution is -0.139. The molecular weight excluding hydrogens is 533 g/mol. The van der Waals surface area contributed by atoms with Crippen LogP contribution in [0.25, 0.3) is 0 Å². The Hall–Kier alpha value is -3.07. The van der Waals surface area contributed by atoms with Crippen LogP contribution in [0.3, 0.4) is 0 Å². The van der Waals surface area contributed by atoms with Crippen molar-refractivity contribution in [1.29, 1.82) is 0 Å². The second kappa shape index (κ2) is 12.4. The van der Waals surface area contributed by atoms with Crippen LogP contribution < -0.4 is 9.62 Å². The maximum atomic E-state index is 13.8. The molecule has 1 unspecified atom stereocenters. The standard InChI is InChI=1S/C27H29Cl2N3O4S/c1-19-9-11-21(12-10-19)17-31(25(27(34)30-2)15-20-7-5-4-6-8-20)26(33)18-32(37(3,35)36)22-13-14-23(28)24(29)16-22/h4-14,16,25H,15,17-18H2,1-3H3,(H,30,34). The van der Waals surface area contributed by atoms with Crippen LogP contribution in [0, 0.1) is 6.92 Å². The Balaban J connectivity index is 2.03. The van der Waals surface area contributed by atoms with Gasteiger partial charge in [-0.25, -0.2) is 8.42 Å². The molecule has 3 aromatic rings. The van der Waals surface area contributed by atoms with Gasteiger partial charge in [-0.05, 0) is 36.2 Å². The van der Waals surface area contributed by atoms with Crippen LogP contribution in [0.4, 0.5) is 5.69 Å².